The summed E-state index contributed by atoms with van der Waals surface area (Å²) in [7, 11) is 0. The Morgan fingerprint density at radius 2 is 2.00 bits per heavy atom. The smallest absolute Gasteiger partial charge is 0.287 e. The maximum absolute atomic E-state index is 12.1. The second-order valence-corrected chi connectivity index (χ2v) is 5.64. The molecule has 0 fully saturated rings. The Labute approximate surface area is 143 Å². The van der Waals surface area contributed by atoms with E-state index in [-0.39, 0.29) is 11.7 Å². The quantitative estimate of drug-likeness (QED) is 0.752. The summed E-state index contributed by atoms with van der Waals surface area (Å²) in [5.41, 5.74) is 1.41. The van der Waals surface area contributed by atoms with Crippen molar-refractivity contribution in [3.63, 3.8) is 0 Å². The number of carbonyl (C=O) groups excluding carboxylic acids is 1. The third kappa shape index (κ3) is 3.73. The van der Waals surface area contributed by atoms with Gasteiger partial charge in [-0.15, -0.1) is 0 Å². The van der Waals surface area contributed by atoms with E-state index in [1.165, 1.54) is 0 Å². The Morgan fingerprint density at radius 3 is 2.78 bits per heavy atom. The van der Waals surface area contributed by atoms with Crippen LogP contribution in [-0.2, 0) is 6.54 Å². The van der Waals surface area contributed by atoms with Gasteiger partial charge in [-0.25, -0.2) is 0 Å². The molecule has 0 aliphatic carbocycles. The van der Waals surface area contributed by atoms with Gasteiger partial charge in [0.15, 0.2) is 5.76 Å². The van der Waals surface area contributed by atoms with Crippen molar-refractivity contribution in [2.75, 3.05) is 0 Å². The van der Waals surface area contributed by atoms with Gasteiger partial charge in [-0.1, -0.05) is 29.3 Å². The van der Waals surface area contributed by atoms with Gasteiger partial charge in [0.25, 0.3) is 5.91 Å². The van der Waals surface area contributed by atoms with Crippen molar-refractivity contribution < 1.29 is 9.21 Å². The van der Waals surface area contributed by atoms with Gasteiger partial charge in [-0.2, -0.15) is 0 Å². The molecule has 3 rings (SSSR count). The van der Waals surface area contributed by atoms with Gasteiger partial charge >= 0.3 is 0 Å². The monoisotopic (exact) mass is 346 g/mol. The second kappa shape index (κ2) is 6.86. The number of carbonyl (C=O) groups is 1. The van der Waals surface area contributed by atoms with E-state index in [1.54, 1.807) is 36.5 Å². The number of nitrogens with one attached hydrogen (secondary N) is 1. The van der Waals surface area contributed by atoms with E-state index in [2.05, 4.69) is 10.3 Å². The molecule has 0 saturated heterocycles. The molecule has 2 heterocycles. The number of rotatable bonds is 4. The Bertz CT molecular complexity index is 832. The summed E-state index contributed by atoms with van der Waals surface area (Å²) in [6.45, 7) is 0.327. The van der Waals surface area contributed by atoms with Gasteiger partial charge in [-0.05, 0) is 42.5 Å². The highest BCUT2D eigenvalue weighted by atomic mass is 35.5. The highest BCUT2D eigenvalue weighted by Gasteiger charge is 2.14. The molecule has 23 heavy (non-hydrogen) atoms. The molecule has 6 heteroatoms. The molecular weight excluding hydrogens is 335 g/mol. The number of hydrogen-bond donors (Lipinski definition) is 1. The predicted molar refractivity (Wildman–Crippen MR) is 89.6 cm³/mol. The second-order valence-electron chi connectivity index (χ2n) is 4.79. The molecule has 4 nitrogen and oxygen atoms in total. The highest BCUT2D eigenvalue weighted by Crippen LogP contribution is 2.31. The summed E-state index contributed by atoms with van der Waals surface area (Å²) < 4.78 is 5.58. The molecule has 0 spiro atoms. The van der Waals surface area contributed by atoms with Crippen LogP contribution in [0.25, 0.3) is 11.3 Å². The lowest BCUT2D eigenvalue weighted by Gasteiger charge is -2.03. The first kappa shape index (κ1) is 15.6. The van der Waals surface area contributed by atoms with E-state index in [4.69, 9.17) is 27.6 Å². The predicted octanol–water partition coefficient (Wildman–Crippen LogP) is 4.58. The minimum absolute atomic E-state index is 0.201. The van der Waals surface area contributed by atoms with Crippen molar-refractivity contribution in [3.8, 4) is 11.3 Å². The van der Waals surface area contributed by atoms with Crippen molar-refractivity contribution >= 4 is 29.1 Å². The maximum Gasteiger partial charge on any atom is 0.287 e. The minimum atomic E-state index is -0.319. The van der Waals surface area contributed by atoms with E-state index in [1.807, 2.05) is 18.2 Å². The zero-order valence-corrected chi connectivity index (χ0v) is 13.4. The van der Waals surface area contributed by atoms with Gasteiger partial charge in [0.1, 0.15) is 5.76 Å². The average molecular weight is 347 g/mol. The van der Waals surface area contributed by atoms with Crippen molar-refractivity contribution in [2.24, 2.45) is 0 Å². The van der Waals surface area contributed by atoms with Crippen LogP contribution in [0.1, 0.15) is 16.2 Å². The van der Waals surface area contributed by atoms with Crippen LogP contribution in [0.15, 0.2) is 59.1 Å². The number of benzene rings is 1. The van der Waals surface area contributed by atoms with Gasteiger partial charge in [0, 0.05) is 16.8 Å². The molecule has 116 valence electrons. The molecule has 0 saturated carbocycles. The van der Waals surface area contributed by atoms with Crippen LogP contribution < -0.4 is 5.32 Å². The van der Waals surface area contributed by atoms with Crippen molar-refractivity contribution in [3.05, 3.63) is 76.2 Å². The SMILES string of the molecule is O=C(NCc1ccccn1)c1ccc(-c2cc(Cl)ccc2Cl)o1. The lowest BCUT2D eigenvalue weighted by Crippen LogP contribution is -2.22. The van der Waals surface area contributed by atoms with Crippen molar-refractivity contribution in [1.82, 2.24) is 10.3 Å². The van der Waals surface area contributed by atoms with Crippen LogP contribution in [0, 0.1) is 0 Å². The first-order valence-electron chi connectivity index (χ1n) is 6.87. The lowest BCUT2D eigenvalue weighted by molar-refractivity contribution is 0.0923. The van der Waals surface area contributed by atoms with Crippen LogP contribution in [0.2, 0.25) is 10.0 Å². The van der Waals surface area contributed by atoms with Crippen LogP contribution in [0.4, 0.5) is 0 Å². The number of pyridine rings is 1. The summed E-state index contributed by atoms with van der Waals surface area (Å²) in [5.74, 6) is 0.368. The van der Waals surface area contributed by atoms with Crippen LogP contribution >= 0.6 is 23.2 Å². The lowest BCUT2D eigenvalue weighted by atomic mass is 10.2. The standard InChI is InChI=1S/C17H12Cl2N2O2/c18-11-4-5-14(19)13(9-11)15-6-7-16(23-15)17(22)21-10-12-3-1-2-8-20-12/h1-9H,10H2,(H,21,22). The largest absolute Gasteiger partial charge is 0.451 e. The van der Waals surface area contributed by atoms with Crippen LogP contribution in [0.5, 0.6) is 0 Å². The molecule has 3 aromatic rings. The third-order valence-electron chi connectivity index (χ3n) is 3.18. The minimum Gasteiger partial charge on any atom is -0.451 e. The zero-order valence-electron chi connectivity index (χ0n) is 11.9. The molecule has 0 unspecified atom stereocenters. The first-order valence-corrected chi connectivity index (χ1v) is 7.62. The molecule has 0 aliphatic heterocycles. The van der Waals surface area contributed by atoms with Gasteiger partial charge in [-0.3, -0.25) is 9.78 Å². The first-order chi connectivity index (χ1) is 11.1. The fourth-order valence-corrected chi connectivity index (χ4v) is 2.43. The number of hydrogen-bond acceptors (Lipinski definition) is 3. The van der Waals surface area contributed by atoms with Gasteiger partial charge in [0.2, 0.25) is 0 Å². The zero-order chi connectivity index (χ0) is 16.2. The summed E-state index contributed by atoms with van der Waals surface area (Å²) in [5, 5.41) is 3.80. The normalized spacial score (nSPS) is 10.5. The van der Waals surface area contributed by atoms with Crippen LogP contribution in [0.3, 0.4) is 0 Å². The molecule has 1 N–H and O–H groups in total. The highest BCUT2D eigenvalue weighted by molar-refractivity contribution is 6.35. The molecular formula is C17H12Cl2N2O2. The van der Waals surface area contributed by atoms with Gasteiger partial charge in [0.05, 0.1) is 17.3 Å². The van der Waals surface area contributed by atoms with E-state index in [0.717, 1.165) is 5.69 Å². The van der Waals surface area contributed by atoms with Gasteiger partial charge < -0.3 is 9.73 Å². The van der Waals surface area contributed by atoms with Crippen molar-refractivity contribution in [1.29, 1.82) is 0 Å². The molecule has 0 aliphatic rings. The molecule has 2 aromatic heterocycles. The summed E-state index contributed by atoms with van der Waals surface area (Å²) in [4.78, 5) is 16.3. The van der Waals surface area contributed by atoms with Crippen molar-refractivity contribution in [2.45, 2.75) is 6.54 Å². The van der Waals surface area contributed by atoms with E-state index < -0.39 is 0 Å². The Balaban J connectivity index is 1.74. The molecule has 0 bridgehead atoms. The number of halogens is 2. The molecule has 1 aromatic carbocycles. The van der Waals surface area contributed by atoms with E-state index >= 15 is 0 Å². The van der Waals surface area contributed by atoms with E-state index in [0.29, 0.717) is 27.9 Å². The Morgan fingerprint density at radius 1 is 1.13 bits per heavy atom. The number of nitrogens with zero attached hydrogens (tertiary/aromatic N) is 1. The maximum atomic E-state index is 12.1. The fraction of sp³-hybridized carbons (Fsp3) is 0.0588. The summed E-state index contributed by atoms with van der Waals surface area (Å²) in [6.07, 6.45) is 1.67. The average Bonchev–Trinajstić information content (AvgIpc) is 3.06. The fourth-order valence-electron chi connectivity index (χ4n) is 2.05. The Kier molecular flexibility index (Phi) is 4.65. The molecule has 0 atom stereocenters. The van der Waals surface area contributed by atoms with E-state index in [9.17, 15) is 4.79 Å². The summed E-state index contributed by atoms with van der Waals surface area (Å²) in [6, 6.07) is 13.9. The summed E-state index contributed by atoms with van der Waals surface area (Å²) >= 11 is 12.1. The molecule has 0 radical (unpaired) electrons. The molecule has 1 amide bonds. The Hall–Kier alpha value is -2.30. The number of amides is 1. The number of furan rings is 1. The topological polar surface area (TPSA) is 55.1 Å². The number of aromatic nitrogens is 1. The third-order valence-corrected chi connectivity index (χ3v) is 3.74. The van der Waals surface area contributed by atoms with Crippen LogP contribution in [-0.4, -0.2) is 10.9 Å².